The highest BCUT2D eigenvalue weighted by Crippen LogP contribution is 2.19. The van der Waals surface area contributed by atoms with Crippen molar-refractivity contribution in [1.82, 2.24) is 15.2 Å². The molecule has 0 heterocycles. The Morgan fingerprint density at radius 3 is 2.25 bits per heavy atom. The number of non-ortho nitro benzene ring substituents is 1. The second kappa shape index (κ2) is 9.46. The normalized spacial score (nSPS) is 11.8. The predicted octanol–water partition coefficient (Wildman–Crippen LogP) is 1.55. The van der Waals surface area contributed by atoms with E-state index in [1.807, 2.05) is 0 Å². The Hall–Kier alpha value is -2.73. The third-order valence-electron chi connectivity index (χ3n) is 3.34. The lowest BCUT2D eigenvalue weighted by Gasteiger charge is -2.20. The highest BCUT2D eigenvalue weighted by atomic mass is 32.2. The number of amides is 2. The Morgan fingerprint density at radius 1 is 1.18 bits per heavy atom. The van der Waals surface area contributed by atoms with Crippen molar-refractivity contribution in [2.24, 2.45) is 0 Å². The van der Waals surface area contributed by atoms with E-state index in [1.54, 1.807) is 20.8 Å². The van der Waals surface area contributed by atoms with E-state index in [2.05, 4.69) is 10.9 Å². The molecular weight excluding hydrogens is 392 g/mol. The first-order chi connectivity index (χ1) is 12.8. The summed E-state index contributed by atoms with van der Waals surface area (Å²) in [5.41, 5.74) is 3.35. The quantitative estimate of drug-likeness (QED) is 0.506. The number of ether oxygens (including phenoxy) is 1. The molecule has 11 nitrogen and oxygen atoms in total. The van der Waals surface area contributed by atoms with Crippen LogP contribution in [-0.4, -0.2) is 48.8 Å². The molecule has 0 fully saturated rings. The van der Waals surface area contributed by atoms with Gasteiger partial charge >= 0.3 is 6.09 Å². The Labute approximate surface area is 163 Å². The third-order valence-corrected chi connectivity index (χ3v) is 5.21. The maximum absolute atomic E-state index is 12.4. The number of hydrogen-bond acceptors (Lipinski definition) is 7. The Morgan fingerprint density at radius 2 is 1.75 bits per heavy atom. The van der Waals surface area contributed by atoms with Crippen LogP contribution in [0, 0.1) is 10.1 Å². The molecule has 0 aliphatic carbocycles. The van der Waals surface area contributed by atoms with Crippen LogP contribution in [0.3, 0.4) is 0 Å². The van der Waals surface area contributed by atoms with Gasteiger partial charge in [-0.3, -0.25) is 20.3 Å². The number of hydrazine groups is 1. The molecule has 12 heteroatoms. The number of carbonyl (C=O) groups is 2. The van der Waals surface area contributed by atoms with Crippen LogP contribution in [0.1, 0.15) is 33.6 Å². The molecule has 2 amide bonds. The highest BCUT2D eigenvalue weighted by molar-refractivity contribution is 7.89. The van der Waals surface area contributed by atoms with Crippen LogP contribution in [0.2, 0.25) is 0 Å². The van der Waals surface area contributed by atoms with Gasteiger partial charge in [0.1, 0.15) is 5.60 Å². The van der Waals surface area contributed by atoms with Gasteiger partial charge in [-0.25, -0.2) is 22.9 Å². The number of nitro benzene ring substituents is 1. The largest absolute Gasteiger partial charge is 0.443 e. The maximum atomic E-state index is 12.4. The summed E-state index contributed by atoms with van der Waals surface area (Å²) in [6.45, 7) is 5.07. The fraction of sp³-hybridized carbons (Fsp3) is 0.500. The van der Waals surface area contributed by atoms with Crippen LogP contribution in [0.15, 0.2) is 29.2 Å². The van der Waals surface area contributed by atoms with Crippen molar-refractivity contribution in [2.75, 3.05) is 13.6 Å². The molecule has 0 aliphatic rings. The lowest BCUT2D eigenvalue weighted by atomic mass is 10.2. The number of hydrogen-bond donors (Lipinski definition) is 2. The Balaban J connectivity index is 2.48. The average Bonchev–Trinajstić information content (AvgIpc) is 2.58. The van der Waals surface area contributed by atoms with E-state index in [9.17, 15) is 28.1 Å². The zero-order valence-electron chi connectivity index (χ0n) is 16.1. The molecule has 28 heavy (non-hydrogen) atoms. The summed E-state index contributed by atoms with van der Waals surface area (Å²) in [5, 5.41) is 10.6. The summed E-state index contributed by atoms with van der Waals surface area (Å²) in [6.07, 6.45) is -0.640. The Bertz CT molecular complexity index is 816. The van der Waals surface area contributed by atoms with E-state index in [4.69, 9.17) is 4.74 Å². The number of nitrogens with one attached hydrogen (secondary N) is 2. The van der Waals surface area contributed by atoms with Crippen LogP contribution in [0.4, 0.5) is 10.5 Å². The predicted molar refractivity (Wildman–Crippen MR) is 99.7 cm³/mol. The van der Waals surface area contributed by atoms with E-state index in [0.717, 1.165) is 28.6 Å². The smallest absolute Gasteiger partial charge is 0.426 e. The molecule has 2 N–H and O–H groups in total. The number of rotatable bonds is 7. The molecule has 0 bridgehead atoms. The molecule has 1 rings (SSSR count). The first-order valence-corrected chi connectivity index (χ1v) is 9.75. The maximum Gasteiger partial charge on any atom is 0.426 e. The lowest BCUT2D eigenvalue weighted by molar-refractivity contribution is -0.384. The number of nitrogens with zero attached hydrogens (tertiary/aromatic N) is 2. The summed E-state index contributed by atoms with van der Waals surface area (Å²) >= 11 is 0. The van der Waals surface area contributed by atoms with E-state index in [1.165, 1.54) is 7.05 Å². The number of nitro groups is 1. The molecule has 0 aliphatic heterocycles. The Kier molecular flexibility index (Phi) is 7.88. The number of sulfonamides is 1. The molecule has 0 unspecified atom stereocenters. The van der Waals surface area contributed by atoms with Gasteiger partial charge in [0.15, 0.2) is 0 Å². The van der Waals surface area contributed by atoms with Gasteiger partial charge in [-0.1, -0.05) is 0 Å². The van der Waals surface area contributed by atoms with Crippen molar-refractivity contribution < 1.29 is 27.7 Å². The molecule has 1 aromatic carbocycles. The molecule has 0 aromatic heterocycles. The summed E-state index contributed by atoms with van der Waals surface area (Å²) in [5.74, 6) is -0.507. The zero-order valence-corrected chi connectivity index (χ0v) is 16.9. The minimum Gasteiger partial charge on any atom is -0.443 e. The van der Waals surface area contributed by atoms with E-state index < -0.39 is 32.5 Å². The van der Waals surface area contributed by atoms with Crippen LogP contribution in [0.5, 0.6) is 0 Å². The van der Waals surface area contributed by atoms with E-state index in [0.29, 0.717) is 0 Å². The third kappa shape index (κ3) is 7.48. The molecule has 0 spiro atoms. The van der Waals surface area contributed by atoms with Crippen molar-refractivity contribution >= 4 is 27.7 Å². The van der Waals surface area contributed by atoms with Crippen LogP contribution < -0.4 is 10.9 Å². The average molecular weight is 416 g/mol. The molecule has 0 atom stereocenters. The van der Waals surface area contributed by atoms with Crippen molar-refractivity contribution in [2.45, 2.75) is 44.1 Å². The summed E-state index contributed by atoms with van der Waals surface area (Å²) in [7, 11) is -2.50. The monoisotopic (exact) mass is 416 g/mol. The van der Waals surface area contributed by atoms with Gasteiger partial charge in [-0.2, -0.15) is 0 Å². The van der Waals surface area contributed by atoms with Gasteiger partial charge in [-0.15, -0.1) is 0 Å². The van der Waals surface area contributed by atoms with Crippen molar-refractivity contribution in [1.29, 1.82) is 0 Å². The van der Waals surface area contributed by atoms with Gasteiger partial charge in [0.2, 0.25) is 15.9 Å². The highest BCUT2D eigenvalue weighted by Gasteiger charge is 2.22. The topological polar surface area (TPSA) is 148 Å². The molecule has 1 aromatic rings. The van der Waals surface area contributed by atoms with Crippen LogP contribution in [-0.2, 0) is 19.6 Å². The van der Waals surface area contributed by atoms with Gasteiger partial charge in [0.25, 0.3) is 5.69 Å². The molecule has 0 saturated carbocycles. The van der Waals surface area contributed by atoms with Crippen molar-refractivity contribution in [3.8, 4) is 0 Å². The second-order valence-electron chi connectivity index (χ2n) is 6.86. The lowest BCUT2D eigenvalue weighted by Crippen LogP contribution is -2.44. The fourth-order valence-electron chi connectivity index (χ4n) is 1.99. The van der Waals surface area contributed by atoms with E-state index in [-0.39, 0.29) is 30.0 Å². The van der Waals surface area contributed by atoms with Gasteiger partial charge in [-0.05, 0) is 39.3 Å². The molecular formula is C16H24N4O7S. The summed E-state index contributed by atoms with van der Waals surface area (Å²) in [6, 6.07) is 4.52. The van der Waals surface area contributed by atoms with Gasteiger partial charge < -0.3 is 4.74 Å². The SMILES string of the molecule is CN(CCCC(=O)NNC(=O)OC(C)(C)C)S(=O)(=O)c1ccc([N+](=O)[O-])cc1. The fourth-order valence-corrected chi connectivity index (χ4v) is 3.20. The minimum atomic E-state index is -3.84. The first-order valence-electron chi connectivity index (χ1n) is 8.31. The summed E-state index contributed by atoms with van der Waals surface area (Å²) in [4.78, 5) is 33.1. The van der Waals surface area contributed by atoms with Crippen LogP contribution in [0.25, 0.3) is 0 Å². The van der Waals surface area contributed by atoms with Crippen LogP contribution >= 0.6 is 0 Å². The number of benzene rings is 1. The second-order valence-corrected chi connectivity index (χ2v) is 8.90. The zero-order chi connectivity index (χ0) is 21.5. The van der Waals surface area contributed by atoms with E-state index >= 15 is 0 Å². The van der Waals surface area contributed by atoms with Crippen molar-refractivity contribution in [3.05, 3.63) is 34.4 Å². The molecule has 0 radical (unpaired) electrons. The molecule has 156 valence electrons. The first kappa shape index (κ1) is 23.3. The standard InChI is InChI=1S/C16H24N4O7S/c1-16(2,3)27-15(22)18-17-14(21)6-5-11-19(4)28(25,26)13-9-7-12(8-10-13)20(23)24/h7-10H,5-6,11H2,1-4H3,(H,17,21)(H,18,22). The van der Waals surface area contributed by atoms with Gasteiger partial charge in [0, 0.05) is 32.1 Å². The molecule has 0 saturated heterocycles. The van der Waals surface area contributed by atoms with Crippen molar-refractivity contribution in [3.63, 3.8) is 0 Å². The van der Waals surface area contributed by atoms with Gasteiger partial charge in [0.05, 0.1) is 9.82 Å². The minimum absolute atomic E-state index is 0.0318. The number of carbonyl (C=O) groups excluding carboxylic acids is 2. The summed E-state index contributed by atoms with van der Waals surface area (Å²) < 4.78 is 30.8.